The van der Waals surface area contributed by atoms with Crippen LogP contribution in [0.2, 0.25) is 0 Å². The summed E-state index contributed by atoms with van der Waals surface area (Å²) in [4.78, 5) is 19.1. The number of hydrogen-bond donors (Lipinski definition) is 1. The lowest BCUT2D eigenvalue weighted by molar-refractivity contribution is 0.247. The quantitative estimate of drug-likeness (QED) is 0.902. The number of hydrogen-bond acceptors (Lipinski definition) is 4. The van der Waals surface area contributed by atoms with Crippen LogP contribution < -0.4 is 11.3 Å². The maximum absolute atomic E-state index is 12.1. The van der Waals surface area contributed by atoms with E-state index >= 15 is 0 Å². The molecular weight excluding hydrogens is 252 g/mol. The number of nitrogens with zero attached hydrogens (tertiary/aromatic N) is 3. The average Bonchev–Trinajstić information content (AvgIpc) is 2.85. The molecule has 2 N–H and O–H groups in total. The Bertz CT molecular complexity index is 679. The molecule has 1 aliphatic rings. The third-order valence-electron chi connectivity index (χ3n) is 4.01. The SMILES string of the molecule is Cc1ccn2c(=O)cc(CN3CCCC3CN)nc2c1. The van der Waals surface area contributed by atoms with Gasteiger partial charge in [-0.3, -0.25) is 14.1 Å². The fourth-order valence-electron chi connectivity index (χ4n) is 2.91. The average molecular weight is 272 g/mol. The van der Waals surface area contributed by atoms with Gasteiger partial charge in [0.1, 0.15) is 5.65 Å². The Labute approximate surface area is 118 Å². The van der Waals surface area contributed by atoms with E-state index in [1.165, 1.54) is 6.42 Å². The van der Waals surface area contributed by atoms with Crippen molar-refractivity contribution in [1.82, 2.24) is 14.3 Å². The monoisotopic (exact) mass is 272 g/mol. The largest absolute Gasteiger partial charge is 0.329 e. The fraction of sp³-hybridized carbons (Fsp3) is 0.467. The van der Waals surface area contributed by atoms with Crippen LogP contribution in [-0.4, -0.2) is 33.4 Å². The van der Waals surface area contributed by atoms with Crippen molar-refractivity contribution in [3.8, 4) is 0 Å². The number of likely N-dealkylation sites (tertiary alicyclic amines) is 1. The highest BCUT2D eigenvalue weighted by molar-refractivity contribution is 5.41. The summed E-state index contributed by atoms with van der Waals surface area (Å²) < 4.78 is 1.58. The molecule has 0 saturated carbocycles. The van der Waals surface area contributed by atoms with Gasteiger partial charge >= 0.3 is 0 Å². The van der Waals surface area contributed by atoms with E-state index in [0.29, 0.717) is 19.1 Å². The van der Waals surface area contributed by atoms with Crippen LogP contribution in [0.1, 0.15) is 24.1 Å². The molecule has 5 heteroatoms. The zero-order valence-electron chi connectivity index (χ0n) is 11.7. The van der Waals surface area contributed by atoms with Crippen molar-refractivity contribution >= 4 is 5.65 Å². The summed E-state index contributed by atoms with van der Waals surface area (Å²) in [6, 6.07) is 5.91. The Balaban J connectivity index is 1.94. The molecule has 0 aromatic carbocycles. The van der Waals surface area contributed by atoms with Crippen molar-refractivity contribution in [2.75, 3.05) is 13.1 Å². The lowest BCUT2D eigenvalue weighted by Gasteiger charge is -2.22. The second kappa shape index (κ2) is 5.34. The first-order chi connectivity index (χ1) is 9.67. The van der Waals surface area contributed by atoms with Gasteiger partial charge in [0, 0.05) is 31.4 Å². The summed E-state index contributed by atoms with van der Waals surface area (Å²) in [6.45, 7) is 4.42. The molecular formula is C15H20N4O. The maximum atomic E-state index is 12.1. The molecule has 106 valence electrons. The van der Waals surface area contributed by atoms with Crippen molar-refractivity contribution in [1.29, 1.82) is 0 Å². The van der Waals surface area contributed by atoms with Gasteiger partial charge in [-0.25, -0.2) is 4.98 Å². The van der Waals surface area contributed by atoms with Gasteiger partial charge in [0.15, 0.2) is 0 Å². The smallest absolute Gasteiger partial charge is 0.258 e. The molecule has 0 spiro atoms. The lowest BCUT2D eigenvalue weighted by Crippen LogP contribution is -2.35. The zero-order chi connectivity index (χ0) is 14.1. The number of nitrogens with two attached hydrogens (primary N) is 1. The number of rotatable bonds is 3. The Kier molecular flexibility index (Phi) is 3.54. The summed E-state index contributed by atoms with van der Waals surface area (Å²) in [6.07, 6.45) is 4.10. The van der Waals surface area contributed by atoms with Gasteiger partial charge < -0.3 is 5.73 Å². The van der Waals surface area contributed by atoms with Crippen LogP contribution in [0.25, 0.3) is 5.65 Å². The van der Waals surface area contributed by atoms with Crippen LogP contribution in [0.3, 0.4) is 0 Å². The predicted molar refractivity (Wildman–Crippen MR) is 78.7 cm³/mol. The summed E-state index contributed by atoms with van der Waals surface area (Å²) in [5.74, 6) is 0. The number of aryl methyl sites for hydroxylation is 1. The highest BCUT2D eigenvalue weighted by Gasteiger charge is 2.23. The van der Waals surface area contributed by atoms with E-state index in [-0.39, 0.29) is 5.56 Å². The van der Waals surface area contributed by atoms with Gasteiger partial charge in [0.05, 0.1) is 5.69 Å². The van der Waals surface area contributed by atoms with Gasteiger partial charge in [-0.05, 0) is 44.0 Å². The molecule has 20 heavy (non-hydrogen) atoms. The normalized spacial score (nSPS) is 19.8. The zero-order valence-corrected chi connectivity index (χ0v) is 11.7. The van der Waals surface area contributed by atoms with Crippen molar-refractivity contribution in [3.05, 3.63) is 46.0 Å². The Hall–Kier alpha value is -1.72. The lowest BCUT2D eigenvalue weighted by atomic mass is 10.2. The van der Waals surface area contributed by atoms with E-state index in [1.807, 2.05) is 19.1 Å². The van der Waals surface area contributed by atoms with Gasteiger partial charge in [-0.2, -0.15) is 0 Å². The molecule has 3 rings (SSSR count). The topological polar surface area (TPSA) is 63.6 Å². The minimum atomic E-state index is -0.0199. The van der Waals surface area contributed by atoms with Crippen molar-refractivity contribution in [2.45, 2.75) is 32.4 Å². The molecule has 0 amide bonds. The highest BCUT2D eigenvalue weighted by Crippen LogP contribution is 2.18. The standard InChI is InChI=1S/C15H20N4O/c1-11-4-6-19-14(7-11)17-12(8-15(19)20)10-18-5-2-3-13(18)9-16/h4,6-8,13H,2-3,5,9-10,16H2,1H3. The Morgan fingerprint density at radius 2 is 2.30 bits per heavy atom. The van der Waals surface area contributed by atoms with Crippen molar-refractivity contribution in [2.24, 2.45) is 5.73 Å². The number of aromatic nitrogens is 2. The first-order valence-corrected chi connectivity index (χ1v) is 7.10. The van der Waals surface area contributed by atoms with E-state index < -0.39 is 0 Å². The van der Waals surface area contributed by atoms with Crippen LogP contribution in [0.4, 0.5) is 0 Å². The summed E-state index contributed by atoms with van der Waals surface area (Å²) >= 11 is 0. The van der Waals surface area contributed by atoms with Gasteiger partial charge in [-0.15, -0.1) is 0 Å². The Morgan fingerprint density at radius 1 is 1.45 bits per heavy atom. The highest BCUT2D eigenvalue weighted by atomic mass is 16.1. The van der Waals surface area contributed by atoms with E-state index in [1.54, 1.807) is 16.7 Å². The van der Waals surface area contributed by atoms with Crippen LogP contribution in [0, 0.1) is 6.92 Å². The molecule has 1 atom stereocenters. The van der Waals surface area contributed by atoms with Crippen LogP contribution in [-0.2, 0) is 6.54 Å². The molecule has 1 aliphatic heterocycles. The van der Waals surface area contributed by atoms with Crippen molar-refractivity contribution in [3.63, 3.8) is 0 Å². The van der Waals surface area contributed by atoms with E-state index in [0.717, 1.165) is 29.9 Å². The van der Waals surface area contributed by atoms with Gasteiger partial charge in [-0.1, -0.05) is 0 Å². The second-order valence-electron chi connectivity index (χ2n) is 5.52. The van der Waals surface area contributed by atoms with E-state index in [2.05, 4.69) is 9.88 Å². The molecule has 0 radical (unpaired) electrons. The minimum Gasteiger partial charge on any atom is -0.329 e. The van der Waals surface area contributed by atoms with E-state index in [4.69, 9.17) is 5.73 Å². The third-order valence-corrected chi connectivity index (χ3v) is 4.01. The van der Waals surface area contributed by atoms with Crippen LogP contribution >= 0.6 is 0 Å². The first kappa shape index (κ1) is 13.3. The Morgan fingerprint density at radius 3 is 3.10 bits per heavy atom. The second-order valence-corrected chi connectivity index (χ2v) is 5.52. The predicted octanol–water partition coefficient (Wildman–Crippen LogP) is 0.926. The maximum Gasteiger partial charge on any atom is 0.258 e. The molecule has 0 bridgehead atoms. The molecule has 0 aliphatic carbocycles. The molecule has 2 aromatic rings. The number of fused-ring (bicyclic) bond motifs is 1. The third kappa shape index (κ3) is 2.46. The van der Waals surface area contributed by atoms with E-state index in [9.17, 15) is 4.79 Å². The molecule has 1 fully saturated rings. The minimum absolute atomic E-state index is 0.0199. The van der Waals surface area contributed by atoms with Gasteiger partial charge in [0.2, 0.25) is 0 Å². The van der Waals surface area contributed by atoms with Gasteiger partial charge in [0.25, 0.3) is 5.56 Å². The summed E-state index contributed by atoms with van der Waals surface area (Å²) in [5.41, 5.74) is 8.43. The molecule has 3 heterocycles. The first-order valence-electron chi connectivity index (χ1n) is 7.10. The van der Waals surface area contributed by atoms with Crippen LogP contribution in [0.15, 0.2) is 29.2 Å². The molecule has 1 saturated heterocycles. The molecule has 2 aromatic heterocycles. The summed E-state index contributed by atoms with van der Waals surface area (Å²) in [5, 5.41) is 0. The molecule has 1 unspecified atom stereocenters. The number of pyridine rings is 1. The summed E-state index contributed by atoms with van der Waals surface area (Å²) in [7, 11) is 0. The molecule has 5 nitrogen and oxygen atoms in total. The van der Waals surface area contributed by atoms with Crippen molar-refractivity contribution < 1.29 is 0 Å². The fourth-order valence-corrected chi connectivity index (χ4v) is 2.91. The van der Waals surface area contributed by atoms with Crippen LogP contribution in [0.5, 0.6) is 0 Å².